The van der Waals surface area contributed by atoms with Crippen molar-refractivity contribution in [2.75, 3.05) is 13.1 Å². The van der Waals surface area contributed by atoms with Gasteiger partial charge in [-0.15, -0.1) is 0 Å². The number of hydrogen-bond donors (Lipinski definition) is 0. The van der Waals surface area contributed by atoms with E-state index < -0.39 is 0 Å². The van der Waals surface area contributed by atoms with Gasteiger partial charge in [-0.1, -0.05) is 35.5 Å². The Balaban J connectivity index is 1.35. The molecule has 1 aromatic carbocycles. The van der Waals surface area contributed by atoms with Crippen molar-refractivity contribution in [3.63, 3.8) is 0 Å². The molecule has 1 saturated heterocycles. The first-order valence-electron chi connectivity index (χ1n) is 8.97. The van der Waals surface area contributed by atoms with E-state index in [1.807, 2.05) is 37.3 Å². The fourth-order valence-electron chi connectivity index (χ4n) is 3.12. The third-order valence-corrected chi connectivity index (χ3v) is 4.55. The molecule has 4 rings (SSSR count). The maximum atomic E-state index is 12.7. The largest absolute Gasteiger partial charge is 0.474 e. The first-order chi connectivity index (χ1) is 13.2. The van der Waals surface area contributed by atoms with Gasteiger partial charge in [-0.25, -0.2) is 4.98 Å². The van der Waals surface area contributed by atoms with Crippen LogP contribution < -0.4 is 4.74 Å². The molecule has 3 aromatic rings. The average Bonchev–Trinajstić information content (AvgIpc) is 3.19. The van der Waals surface area contributed by atoms with Crippen LogP contribution in [-0.4, -0.2) is 45.1 Å². The molecule has 0 aliphatic carbocycles. The van der Waals surface area contributed by atoms with Gasteiger partial charge in [0.15, 0.2) is 11.5 Å². The van der Waals surface area contributed by atoms with E-state index in [4.69, 9.17) is 9.26 Å². The van der Waals surface area contributed by atoms with E-state index in [1.54, 1.807) is 23.2 Å². The molecule has 0 radical (unpaired) electrons. The molecule has 1 amide bonds. The van der Waals surface area contributed by atoms with Crippen LogP contribution in [0.2, 0.25) is 0 Å². The first-order valence-corrected chi connectivity index (χ1v) is 8.97. The second kappa shape index (κ2) is 7.57. The Bertz CT molecular complexity index is 918. The molecule has 1 aliphatic rings. The summed E-state index contributed by atoms with van der Waals surface area (Å²) >= 11 is 0. The van der Waals surface area contributed by atoms with Crippen LogP contribution >= 0.6 is 0 Å². The maximum Gasteiger partial charge on any atom is 0.276 e. The standard InChI is InChI=1S/C20H20N4O3/c1-14-21-10-7-19(22-14)26-16-8-11-24(12-9-16)20(25)17-13-18(27-23-17)15-5-3-2-4-6-15/h2-7,10,13,16H,8-9,11-12H2,1H3. The van der Waals surface area contributed by atoms with E-state index in [1.165, 1.54) is 0 Å². The van der Waals surface area contributed by atoms with E-state index in [0.29, 0.717) is 36.2 Å². The Morgan fingerprint density at radius 3 is 2.70 bits per heavy atom. The molecule has 0 atom stereocenters. The summed E-state index contributed by atoms with van der Waals surface area (Å²) < 4.78 is 11.2. The van der Waals surface area contributed by atoms with Gasteiger partial charge >= 0.3 is 0 Å². The number of rotatable bonds is 4. The minimum absolute atomic E-state index is 0.0422. The van der Waals surface area contributed by atoms with E-state index in [0.717, 1.165) is 18.4 Å². The lowest BCUT2D eigenvalue weighted by Crippen LogP contribution is -2.42. The highest BCUT2D eigenvalue weighted by Gasteiger charge is 2.27. The fraction of sp³-hybridized carbons (Fsp3) is 0.300. The van der Waals surface area contributed by atoms with Crippen LogP contribution in [0.1, 0.15) is 29.2 Å². The molecule has 7 nitrogen and oxygen atoms in total. The molecule has 2 aromatic heterocycles. The summed E-state index contributed by atoms with van der Waals surface area (Å²) in [6, 6.07) is 13.1. The number of aryl methyl sites for hydroxylation is 1. The predicted octanol–water partition coefficient (Wildman–Crippen LogP) is 3.12. The van der Waals surface area contributed by atoms with Gasteiger partial charge in [0.1, 0.15) is 11.9 Å². The lowest BCUT2D eigenvalue weighted by Gasteiger charge is -2.31. The summed E-state index contributed by atoms with van der Waals surface area (Å²) in [5.41, 5.74) is 1.23. The number of amides is 1. The molecule has 27 heavy (non-hydrogen) atoms. The van der Waals surface area contributed by atoms with Crippen molar-refractivity contribution in [1.82, 2.24) is 20.0 Å². The number of aromatic nitrogens is 3. The molecule has 0 unspecified atom stereocenters. The van der Waals surface area contributed by atoms with Gasteiger partial charge in [0.25, 0.3) is 5.91 Å². The number of piperidine rings is 1. The molecule has 0 bridgehead atoms. The van der Waals surface area contributed by atoms with E-state index in [2.05, 4.69) is 15.1 Å². The molecular weight excluding hydrogens is 344 g/mol. The molecule has 0 saturated carbocycles. The first kappa shape index (κ1) is 17.2. The highest BCUT2D eigenvalue weighted by molar-refractivity contribution is 5.93. The number of hydrogen-bond acceptors (Lipinski definition) is 6. The van der Waals surface area contributed by atoms with Crippen LogP contribution in [0.25, 0.3) is 11.3 Å². The zero-order valence-corrected chi connectivity index (χ0v) is 15.0. The van der Waals surface area contributed by atoms with Gasteiger partial charge in [-0.2, -0.15) is 4.98 Å². The van der Waals surface area contributed by atoms with Crippen molar-refractivity contribution in [3.05, 3.63) is 60.2 Å². The molecule has 1 fully saturated rings. The van der Waals surface area contributed by atoms with Crippen molar-refractivity contribution in [2.24, 2.45) is 0 Å². The van der Waals surface area contributed by atoms with Crippen LogP contribution in [0, 0.1) is 6.92 Å². The number of carbonyl (C=O) groups is 1. The van der Waals surface area contributed by atoms with Crippen LogP contribution in [0.15, 0.2) is 53.2 Å². The Kier molecular flexibility index (Phi) is 4.82. The Labute approximate surface area is 157 Å². The zero-order chi connectivity index (χ0) is 18.6. The Hall–Kier alpha value is -3.22. The van der Waals surface area contributed by atoms with Crippen molar-refractivity contribution < 1.29 is 14.1 Å². The molecule has 3 heterocycles. The normalized spacial score (nSPS) is 14.9. The Morgan fingerprint density at radius 2 is 1.96 bits per heavy atom. The monoisotopic (exact) mass is 364 g/mol. The molecular formula is C20H20N4O3. The van der Waals surface area contributed by atoms with Crippen LogP contribution in [-0.2, 0) is 0 Å². The maximum absolute atomic E-state index is 12.7. The summed E-state index contributed by atoms with van der Waals surface area (Å²) in [6.07, 6.45) is 3.22. The highest BCUT2D eigenvalue weighted by Crippen LogP contribution is 2.22. The van der Waals surface area contributed by atoms with Gasteiger partial charge in [-0.3, -0.25) is 4.79 Å². The molecule has 1 aliphatic heterocycles. The molecule has 138 valence electrons. The second-order valence-electron chi connectivity index (χ2n) is 6.49. The van der Waals surface area contributed by atoms with Gasteiger partial charge in [0.2, 0.25) is 5.88 Å². The van der Waals surface area contributed by atoms with Crippen LogP contribution in [0.4, 0.5) is 0 Å². The lowest BCUT2D eigenvalue weighted by atomic mass is 10.1. The summed E-state index contributed by atoms with van der Waals surface area (Å²) in [6.45, 7) is 3.05. The topological polar surface area (TPSA) is 81.4 Å². The number of ether oxygens (including phenoxy) is 1. The number of nitrogens with zero attached hydrogens (tertiary/aromatic N) is 4. The van der Waals surface area contributed by atoms with Crippen molar-refractivity contribution in [2.45, 2.75) is 25.9 Å². The van der Waals surface area contributed by atoms with Gasteiger partial charge in [0, 0.05) is 49.8 Å². The smallest absolute Gasteiger partial charge is 0.276 e. The van der Waals surface area contributed by atoms with Crippen LogP contribution in [0.3, 0.4) is 0 Å². The van der Waals surface area contributed by atoms with E-state index >= 15 is 0 Å². The van der Waals surface area contributed by atoms with Crippen molar-refractivity contribution in [3.8, 4) is 17.2 Å². The summed E-state index contributed by atoms with van der Waals surface area (Å²) in [4.78, 5) is 22.8. The summed E-state index contributed by atoms with van der Waals surface area (Å²) in [5.74, 6) is 1.74. The summed E-state index contributed by atoms with van der Waals surface area (Å²) in [5, 5.41) is 3.95. The minimum Gasteiger partial charge on any atom is -0.474 e. The highest BCUT2D eigenvalue weighted by atomic mass is 16.5. The third kappa shape index (κ3) is 3.97. The summed E-state index contributed by atoms with van der Waals surface area (Å²) in [7, 11) is 0. The van der Waals surface area contributed by atoms with E-state index in [9.17, 15) is 4.79 Å². The molecule has 0 spiro atoms. The Morgan fingerprint density at radius 1 is 1.19 bits per heavy atom. The predicted molar refractivity (Wildman–Crippen MR) is 98.3 cm³/mol. The quantitative estimate of drug-likeness (QED) is 0.707. The van der Waals surface area contributed by atoms with Crippen LogP contribution in [0.5, 0.6) is 5.88 Å². The van der Waals surface area contributed by atoms with Gasteiger partial charge in [0.05, 0.1) is 0 Å². The minimum atomic E-state index is -0.114. The van der Waals surface area contributed by atoms with Crippen molar-refractivity contribution >= 4 is 5.91 Å². The molecule has 0 N–H and O–H groups in total. The number of carbonyl (C=O) groups excluding carboxylic acids is 1. The van der Waals surface area contributed by atoms with Crippen molar-refractivity contribution in [1.29, 1.82) is 0 Å². The second-order valence-corrected chi connectivity index (χ2v) is 6.49. The zero-order valence-electron chi connectivity index (χ0n) is 15.0. The molecule has 7 heteroatoms. The van der Waals surface area contributed by atoms with Gasteiger partial charge < -0.3 is 14.2 Å². The lowest BCUT2D eigenvalue weighted by molar-refractivity contribution is 0.0578. The number of likely N-dealkylation sites (tertiary alicyclic amines) is 1. The van der Waals surface area contributed by atoms with Gasteiger partial charge in [-0.05, 0) is 6.92 Å². The third-order valence-electron chi connectivity index (χ3n) is 4.55. The number of benzene rings is 1. The fourth-order valence-corrected chi connectivity index (χ4v) is 3.12. The van der Waals surface area contributed by atoms with E-state index in [-0.39, 0.29) is 12.0 Å². The average molecular weight is 364 g/mol. The SMILES string of the molecule is Cc1nccc(OC2CCN(C(=O)c3cc(-c4ccccc4)on3)CC2)n1.